The van der Waals surface area contributed by atoms with Crippen molar-refractivity contribution in [1.82, 2.24) is 0 Å². The van der Waals surface area contributed by atoms with Crippen LogP contribution in [0.5, 0.6) is 0 Å². The first-order valence-corrected chi connectivity index (χ1v) is 5.91. The van der Waals surface area contributed by atoms with Gasteiger partial charge in [0, 0.05) is 10.4 Å². The van der Waals surface area contributed by atoms with Crippen molar-refractivity contribution < 1.29 is 9.53 Å². The maximum absolute atomic E-state index is 11.6. The molecule has 84 valence electrons. The number of hydrogen-bond donors (Lipinski definition) is 1. The summed E-state index contributed by atoms with van der Waals surface area (Å²) < 4.78 is 6.03. The first-order valence-electron chi connectivity index (χ1n) is 5.09. The molecule has 0 saturated heterocycles. The summed E-state index contributed by atoms with van der Waals surface area (Å²) in [7, 11) is 0. The largest absolute Gasteiger partial charge is 0.462 e. The highest BCUT2D eigenvalue weighted by Gasteiger charge is 2.12. The fraction of sp³-hybridized carbons (Fsp3) is 0.250. The Kier molecular flexibility index (Phi) is 2.83. The van der Waals surface area contributed by atoms with Crippen molar-refractivity contribution in [3.8, 4) is 0 Å². The number of anilines is 1. The van der Waals surface area contributed by atoms with Crippen LogP contribution >= 0.6 is 11.3 Å². The van der Waals surface area contributed by atoms with Gasteiger partial charge in [0.25, 0.3) is 0 Å². The van der Waals surface area contributed by atoms with Crippen LogP contribution in [-0.4, -0.2) is 12.6 Å². The smallest absolute Gasteiger partial charge is 0.348 e. The highest BCUT2D eigenvalue weighted by atomic mass is 32.1. The second-order valence-electron chi connectivity index (χ2n) is 3.52. The van der Waals surface area contributed by atoms with Crippen molar-refractivity contribution in [2.24, 2.45) is 0 Å². The zero-order valence-corrected chi connectivity index (χ0v) is 10.1. The Morgan fingerprint density at radius 2 is 2.25 bits per heavy atom. The lowest BCUT2D eigenvalue weighted by Gasteiger charge is -1.99. The number of fused-ring (bicyclic) bond motifs is 1. The van der Waals surface area contributed by atoms with E-state index in [-0.39, 0.29) is 5.97 Å². The van der Waals surface area contributed by atoms with Gasteiger partial charge in [-0.15, -0.1) is 11.3 Å². The maximum atomic E-state index is 11.6. The second kappa shape index (κ2) is 4.14. The topological polar surface area (TPSA) is 52.3 Å². The minimum absolute atomic E-state index is 0.262. The number of esters is 1. The van der Waals surface area contributed by atoms with E-state index >= 15 is 0 Å². The molecule has 0 unspecified atom stereocenters. The van der Waals surface area contributed by atoms with Crippen LogP contribution in [0.1, 0.15) is 22.2 Å². The monoisotopic (exact) mass is 235 g/mol. The number of rotatable bonds is 2. The first-order chi connectivity index (χ1) is 7.63. The number of carbonyl (C=O) groups excluding carboxylic acids is 1. The summed E-state index contributed by atoms with van der Waals surface area (Å²) in [5.74, 6) is -0.262. The zero-order chi connectivity index (χ0) is 11.7. The Balaban J connectivity index is 2.52. The number of thiophene rings is 1. The van der Waals surface area contributed by atoms with Gasteiger partial charge in [-0.2, -0.15) is 0 Å². The third-order valence-corrected chi connectivity index (χ3v) is 3.57. The Morgan fingerprint density at radius 1 is 1.50 bits per heavy atom. The molecule has 3 nitrogen and oxygen atoms in total. The van der Waals surface area contributed by atoms with Gasteiger partial charge in [-0.1, -0.05) is 0 Å². The van der Waals surface area contributed by atoms with E-state index in [1.807, 2.05) is 25.1 Å². The summed E-state index contributed by atoms with van der Waals surface area (Å²) in [6.07, 6.45) is 0. The van der Waals surface area contributed by atoms with Crippen LogP contribution in [0.25, 0.3) is 10.1 Å². The van der Waals surface area contributed by atoms with E-state index in [4.69, 9.17) is 10.5 Å². The average Bonchev–Trinajstić information content (AvgIpc) is 2.69. The molecule has 1 aromatic heterocycles. The summed E-state index contributed by atoms with van der Waals surface area (Å²) in [5.41, 5.74) is 7.59. The zero-order valence-electron chi connectivity index (χ0n) is 9.24. The molecular formula is C12H13NO2S. The molecule has 0 aliphatic heterocycles. The lowest BCUT2D eigenvalue weighted by Crippen LogP contribution is -2.01. The predicted octanol–water partition coefficient (Wildman–Crippen LogP) is 2.97. The van der Waals surface area contributed by atoms with Crippen molar-refractivity contribution >= 4 is 33.1 Å². The van der Waals surface area contributed by atoms with Gasteiger partial charge in [0.15, 0.2) is 0 Å². The van der Waals surface area contributed by atoms with Crippen molar-refractivity contribution in [3.05, 3.63) is 28.6 Å². The van der Waals surface area contributed by atoms with Crippen molar-refractivity contribution in [2.75, 3.05) is 12.3 Å². The van der Waals surface area contributed by atoms with Gasteiger partial charge in [-0.25, -0.2) is 4.79 Å². The molecule has 16 heavy (non-hydrogen) atoms. The molecule has 1 aromatic carbocycles. The fourth-order valence-corrected chi connectivity index (χ4v) is 2.58. The highest BCUT2D eigenvalue weighted by Crippen LogP contribution is 2.31. The molecule has 2 rings (SSSR count). The molecule has 0 fully saturated rings. The Morgan fingerprint density at radius 3 is 2.94 bits per heavy atom. The molecular weight excluding hydrogens is 222 g/mol. The number of benzene rings is 1. The molecule has 2 N–H and O–H groups in total. The Labute approximate surface area is 97.8 Å². The molecule has 0 amide bonds. The minimum atomic E-state index is -0.262. The standard InChI is InChI=1S/C12H13NO2S/c1-3-15-12(14)11-6-8-7(2)9(13)4-5-10(8)16-11/h4-6H,3,13H2,1-2H3. The van der Waals surface area contributed by atoms with E-state index in [1.165, 1.54) is 11.3 Å². The summed E-state index contributed by atoms with van der Waals surface area (Å²) in [5, 5.41) is 1.04. The van der Waals surface area contributed by atoms with Crippen LogP contribution in [0.15, 0.2) is 18.2 Å². The molecule has 0 atom stereocenters. The van der Waals surface area contributed by atoms with Crippen LogP contribution < -0.4 is 5.73 Å². The summed E-state index contributed by atoms with van der Waals surface area (Å²) in [6.45, 7) is 4.15. The van der Waals surface area contributed by atoms with Crippen LogP contribution in [0.2, 0.25) is 0 Å². The van der Waals surface area contributed by atoms with Crippen molar-refractivity contribution in [2.45, 2.75) is 13.8 Å². The summed E-state index contributed by atoms with van der Waals surface area (Å²) in [6, 6.07) is 5.65. The van der Waals surface area contributed by atoms with E-state index in [1.54, 1.807) is 6.92 Å². The number of hydrogen-bond acceptors (Lipinski definition) is 4. The second-order valence-corrected chi connectivity index (χ2v) is 4.61. The molecule has 0 radical (unpaired) electrons. The number of ether oxygens (including phenoxy) is 1. The van der Waals surface area contributed by atoms with Crippen LogP contribution in [0.3, 0.4) is 0 Å². The number of carbonyl (C=O) groups is 1. The van der Waals surface area contributed by atoms with Gasteiger partial charge >= 0.3 is 5.97 Å². The first kappa shape index (κ1) is 11.0. The normalized spacial score (nSPS) is 10.6. The molecule has 0 aliphatic carbocycles. The lowest BCUT2D eigenvalue weighted by molar-refractivity contribution is 0.0532. The summed E-state index contributed by atoms with van der Waals surface area (Å²) >= 11 is 1.44. The summed E-state index contributed by atoms with van der Waals surface area (Å²) in [4.78, 5) is 12.2. The van der Waals surface area contributed by atoms with E-state index in [9.17, 15) is 4.79 Å². The van der Waals surface area contributed by atoms with Crippen LogP contribution in [0, 0.1) is 6.92 Å². The minimum Gasteiger partial charge on any atom is -0.462 e. The van der Waals surface area contributed by atoms with Gasteiger partial charge in [0.2, 0.25) is 0 Å². The third kappa shape index (κ3) is 1.76. The molecule has 0 bridgehead atoms. The van der Waals surface area contributed by atoms with Crippen LogP contribution in [0.4, 0.5) is 5.69 Å². The van der Waals surface area contributed by atoms with E-state index < -0.39 is 0 Å². The molecule has 2 aromatic rings. The fourth-order valence-electron chi connectivity index (χ4n) is 1.57. The highest BCUT2D eigenvalue weighted by molar-refractivity contribution is 7.20. The Bertz CT molecular complexity index is 545. The number of nitrogens with two attached hydrogens (primary N) is 1. The van der Waals surface area contributed by atoms with Crippen molar-refractivity contribution in [1.29, 1.82) is 0 Å². The number of nitrogen functional groups attached to an aromatic ring is 1. The van der Waals surface area contributed by atoms with Gasteiger partial charge in [0.05, 0.1) is 6.61 Å². The van der Waals surface area contributed by atoms with Crippen molar-refractivity contribution in [3.63, 3.8) is 0 Å². The number of aryl methyl sites for hydroxylation is 1. The van der Waals surface area contributed by atoms with E-state index in [0.29, 0.717) is 11.5 Å². The maximum Gasteiger partial charge on any atom is 0.348 e. The van der Waals surface area contributed by atoms with Gasteiger partial charge in [-0.3, -0.25) is 0 Å². The molecule has 0 saturated carbocycles. The third-order valence-electron chi connectivity index (χ3n) is 2.49. The molecule has 1 heterocycles. The lowest BCUT2D eigenvalue weighted by atomic mass is 10.1. The quantitative estimate of drug-likeness (QED) is 0.643. The Hall–Kier alpha value is -1.55. The van der Waals surface area contributed by atoms with Crippen LogP contribution in [-0.2, 0) is 4.74 Å². The van der Waals surface area contributed by atoms with Gasteiger partial charge in [-0.05, 0) is 43.0 Å². The predicted molar refractivity (Wildman–Crippen MR) is 66.9 cm³/mol. The van der Waals surface area contributed by atoms with E-state index in [2.05, 4.69) is 0 Å². The molecule has 0 aliphatic rings. The van der Waals surface area contributed by atoms with E-state index in [0.717, 1.165) is 21.3 Å². The molecule has 0 spiro atoms. The molecule has 4 heteroatoms. The SMILES string of the molecule is CCOC(=O)c1cc2c(C)c(N)ccc2s1. The van der Waals surface area contributed by atoms with Gasteiger partial charge < -0.3 is 10.5 Å². The average molecular weight is 235 g/mol. The van der Waals surface area contributed by atoms with Gasteiger partial charge in [0.1, 0.15) is 4.88 Å².